The molecule has 2 aliphatic heterocycles. The number of nitrogens with two attached hydrogens (primary N) is 1. The van der Waals surface area contributed by atoms with Gasteiger partial charge in [0.05, 0.1) is 25.9 Å². The molecule has 13 nitrogen and oxygen atoms in total. The van der Waals surface area contributed by atoms with Crippen LogP contribution in [0.15, 0.2) is 72.2 Å². The number of benzene rings is 2. The second-order valence-electron chi connectivity index (χ2n) is 10.0. The summed E-state index contributed by atoms with van der Waals surface area (Å²) in [6.45, 7) is 0.904. The van der Waals surface area contributed by atoms with Crippen LogP contribution in [0.2, 0.25) is 5.02 Å². The predicted octanol–water partition coefficient (Wildman–Crippen LogP) is 5.27. The number of nitrogens with one attached hydrogen (secondary N) is 1. The number of nitrogens with zero attached hydrogens (tertiary/aromatic N) is 5. The van der Waals surface area contributed by atoms with Crippen molar-refractivity contribution in [3.05, 3.63) is 88.0 Å². The number of hydrogen-bond acceptors (Lipinski definition) is 10. The third kappa shape index (κ3) is 7.76. The maximum atomic E-state index is 13.7. The highest BCUT2D eigenvalue weighted by Gasteiger charge is 2.43. The van der Waals surface area contributed by atoms with Gasteiger partial charge in [0, 0.05) is 23.5 Å². The number of amides is 4. The van der Waals surface area contributed by atoms with Crippen LogP contribution in [-0.4, -0.2) is 64.2 Å². The number of ether oxygens (including phenoxy) is 3. The van der Waals surface area contributed by atoms with Crippen molar-refractivity contribution in [3.63, 3.8) is 0 Å². The van der Waals surface area contributed by atoms with Crippen molar-refractivity contribution in [1.29, 1.82) is 0 Å². The minimum atomic E-state index is -1.00. The smallest absolute Gasteiger partial charge is 0.345 e. The van der Waals surface area contributed by atoms with Gasteiger partial charge in [-0.15, -0.1) is 0 Å². The number of pyridine rings is 1. The second-order valence-corrected chi connectivity index (χ2v) is 10.4. The van der Waals surface area contributed by atoms with Gasteiger partial charge in [0.15, 0.2) is 6.29 Å². The molecule has 2 aromatic carbocycles. The SMILES string of the molecule is NN1C(=O)N(CCOC2CCCCO2)C(=O)N(Cc2ccc(Cl)cc2)C1Nc1ccc(Oc2cncc(CN=O)c2)cc1. The minimum absolute atomic E-state index is 0.00656. The van der Waals surface area contributed by atoms with Gasteiger partial charge in [0.2, 0.25) is 6.29 Å². The number of imide groups is 1. The Kier molecular flexibility index (Phi) is 10.00. The molecule has 4 amide bonds. The van der Waals surface area contributed by atoms with E-state index < -0.39 is 18.4 Å². The molecule has 3 N–H and O–H groups in total. The van der Waals surface area contributed by atoms with Gasteiger partial charge in [-0.1, -0.05) is 28.9 Å². The van der Waals surface area contributed by atoms with Crippen LogP contribution in [0.25, 0.3) is 0 Å². The van der Waals surface area contributed by atoms with Crippen molar-refractivity contribution in [2.24, 2.45) is 11.0 Å². The Bertz CT molecular complexity index is 1410. The molecule has 0 spiro atoms. The Morgan fingerprint density at radius 3 is 2.53 bits per heavy atom. The number of anilines is 1. The zero-order valence-electron chi connectivity index (χ0n) is 23.3. The first-order valence-corrected chi connectivity index (χ1v) is 14.2. The lowest BCUT2D eigenvalue weighted by Gasteiger charge is -2.45. The van der Waals surface area contributed by atoms with E-state index in [4.69, 9.17) is 31.7 Å². The summed E-state index contributed by atoms with van der Waals surface area (Å²) >= 11 is 6.06. The van der Waals surface area contributed by atoms with E-state index in [9.17, 15) is 14.5 Å². The van der Waals surface area contributed by atoms with Gasteiger partial charge < -0.3 is 19.5 Å². The molecule has 0 saturated carbocycles. The van der Waals surface area contributed by atoms with Crippen LogP contribution in [0, 0.1) is 4.91 Å². The van der Waals surface area contributed by atoms with Gasteiger partial charge in [0.1, 0.15) is 18.0 Å². The van der Waals surface area contributed by atoms with Gasteiger partial charge >= 0.3 is 12.1 Å². The van der Waals surface area contributed by atoms with E-state index in [0.717, 1.165) is 34.7 Å². The van der Waals surface area contributed by atoms with E-state index in [0.29, 0.717) is 34.4 Å². The molecule has 2 atom stereocenters. The Balaban J connectivity index is 1.30. The van der Waals surface area contributed by atoms with Gasteiger partial charge in [0.25, 0.3) is 0 Å². The molecule has 0 bridgehead atoms. The summed E-state index contributed by atoms with van der Waals surface area (Å²) in [6, 6.07) is 14.4. The average Bonchev–Trinajstić information content (AvgIpc) is 3.02. The van der Waals surface area contributed by atoms with Crippen LogP contribution in [0.3, 0.4) is 0 Å². The first kappa shape index (κ1) is 30.2. The fourth-order valence-electron chi connectivity index (χ4n) is 4.72. The molecule has 5 rings (SSSR count). The molecule has 14 heteroatoms. The molecule has 2 aliphatic rings. The van der Waals surface area contributed by atoms with Crippen molar-refractivity contribution in [2.75, 3.05) is 25.1 Å². The molecule has 43 heavy (non-hydrogen) atoms. The summed E-state index contributed by atoms with van der Waals surface area (Å²) in [7, 11) is 0. The van der Waals surface area contributed by atoms with Crippen molar-refractivity contribution >= 4 is 29.4 Å². The summed E-state index contributed by atoms with van der Waals surface area (Å²) in [5, 5.41) is 7.60. The van der Waals surface area contributed by atoms with Crippen LogP contribution in [0.1, 0.15) is 30.4 Å². The van der Waals surface area contributed by atoms with Crippen molar-refractivity contribution < 1.29 is 23.8 Å². The summed E-state index contributed by atoms with van der Waals surface area (Å²) in [5.74, 6) is 7.27. The maximum absolute atomic E-state index is 13.7. The fourth-order valence-corrected chi connectivity index (χ4v) is 4.84. The van der Waals surface area contributed by atoms with Crippen LogP contribution >= 0.6 is 11.6 Å². The number of rotatable bonds is 12. The van der Waals surface area contributed by atoms with E-state index in [1.807, 2.05) is 0 Å². The lowest BCUT2D eigenvalue weighted by Crippen LogP contribution is -2.70. The zero-order chi connectivity index (χ0) is 30.2. The van der Waals surface area contributed by atoms with Crippen molar-refractivity contribution in [2.45, 2.75) is 44.9 Å². The number of carbonyl (C=O) groups is 2. The molecule has 3 heterocycles. The summed E-state index contributed by atoms with van der Waals surface area (Å²) < 4.78 is 17.2. The highest BCUT2D eigenvalue weighted by atomic mass is 35.5. The quantitative estimate of drug-likeness (QED) is 0.159. The van der Waals surface area contributed by atoms with E-state index in [1.165, 1.54) is 11.1 Å². The molecule has 1 aromatic heterocycles. The van der Waals surface area contributed by atoms with Crippen LogP contribution in [0.5, 0.6) is 11.5 Å². The van der Waals surface area contributed by atoms with E-state index in [-0.39, 0.29) is 32.5 Å². The molecule has 3 aromatic rings. The summed E-state index contributed by atoms with van der Waals surface area (Å²) in [6.07, 6.45) is 4.48. The molecule has 2 unspecified atom stereocenters. The standard InChI is InChI=1S/C29H32ClN7O6/c30-22-6-4-20(5-7-22)19-36-27(37(31)29(39)35(28(36)38)12-14-42-26-3-1-2-13-41-26)34-23-8-10-24(11-9-23)43-25-15-21(17-33-40)16-32-18-25/h4-11,15-16,18,26-27,34H,1-3,12-14,17,19,31H2. The predicted molar refractivity (Wildman–Crippen MR) is 158 cm³/mol. The Labute approximate surface area is 253 Å². The molecule has 2 saturated heterocycles. The molecule has 2 fully saturated rings. The highest BCUT2D eigenvalue weighted by Crippen LogP contribution is 2.26. The van der Waals surface area contributed by atoms with Gasteiger partial charge in [-0.25, -0.2) is 25.3 Å². The molecular weight excluding hydrogens is 578 g/mol. The van der Waals surface area contributed by atoms with Gasteiger partial charge in [-0.05, 0) is 72.9 Å². The number of carbonyl (C=O) groups excluding carboxylic acids is 2. The lowest BCUT2D eigenvalue weighted by atomic mass is 10.2. The number of halogens is 1. The largest absolute Gasteiger partial charge is 0.456 e. The molecule has 0 aliphatic carbocycles. The summed E-state index contributed by atoms with van der Waals surface area (Å²) in [5.41, 5.74) is 2.01. The minimum Gasteiger partial charge on any atom is -0.456 e. The Morgan fingerprint density at radius 2 is 1.81 bits per heavy atom. The van der Waals surface area contributed by atoms with E-state index in [1.54, 1.807) is 60.8 Å². The van der Waals surface area contributed by atoms with Crippen LogP contribution in [-0.2, 0) is 22.6 Å². The van der Waals surface area contributed by atoms with E-state index in [2.05, 4.69) is 15.5 Å². The van der Waals surface area contributed by atoms with Gasteiger partial charge in [-0.2, -0.15) is 4.91 Å². The van der Waals surface area contributed by atoms with E-state index >= 15 is 0 Å². The second kappa shape index (κ2) is 14.2. The Morgan fingerprint density at radius 1 is 1.02 bits per heavy atom. The van der Waals surface area contributed by atoms with Crippen LogP contribution < -0.4 is 15.9 Å². The maximum Gasteiger partial charge on any atom is 0.345 e. The highest BCUT2D eigenvalue weighted by molar-refractivity contribution is 6.30. The fraction of sp³-hybridized carbons (Fsp3) is 0.345. The summed E-state index contributed by atoms with van der Waals surface area (Å²) in [4.78, 5) is 44.1. The van der Waals surface area contributed by atoms with Gasteiger partial charge in [-0.3, -0.25) is 9.88 Å². The average molecular weight is 610 g/mol. The molecule has 0 radical (unpaired) electrons. The number of urea groups is 2. The number of hydrogen-bond donors (Lipinski definition) is 2. The molecule has 226 valence electrons. The monoisotopic (exact) mass is 609 g/mol. The van der Waals surface area contributed by atoms with Crippen LogP contribution in [0.4, 0.5) is 15.3 Å². The van der Waals surface area contributed by atoms with Crippen molar-refractivity contribution in [1.82, 2.24) is 19.8 Å². The number of hydrazine groups is 1. The Hall–Kier alpha value is -4.30. The molecular formula is C29H32ClN7O6. The number of aromatic nitrogens is 1. The first-order chi connectivity index (χ1) is 20.9. The topological polar surface area (TPSA) is 152 Å². The van der Waals surface area contributed by atoms with Crippen molar-refractivity contribution in [3.8, 4) is 11.5 Å². The first-order valence-electron chi connectivity index (χ1n) is 13.8. The normalized spacial score (nSPS) is 19.0. The zero-order valence-corrected chi connectivity index (χ0v) is 24.1. The number of nitroso groups, excluding NO2 is 1. The third-order valence-corrected chi connectivity index (χ3v) is 7.16. The third-order valence-electron chi connectivity index (χ3n) is 6.91. The lowest BCUT2D eigenvalue weighted by molar-refractivity contribution is -0.163.